The van der Waals surface area contributed by atoms with Gasteiger partial charge in [-0.2, -0.15) is 0 Å². The van der Waals surface area contributed by atoms with Crippen LogP contribution in [0.2, 0.25) is 0 Å². The minimum absolute atomic E-state index is 0.423. The highest BCUT2D eigenvalue weighted by atomic mass is 19.2. The van der Waals surface area contributed by atoms with Gasteiger partial charge in [-0.25, -0.2) is 26.9 Å². The van der Waals surface area contributed by atoms with Crippen LogP contribution in [0.1, 0.15) is 11.1 Å². The maximum absolute atomic E-state index is 14.5. The van der Waals surface area contributed by atoms with E-state index in [4.69, 9.17) is 0 Å². The molecule has 0 unspecified atom stereocenters. The molecule has 2 fully saturated rings. The quantitative estimate of drug-likeness (QED) is 0.263. The minimum atomic E-state index is -1.34. The van der Waals surface area contributed by atoms with Crippen LogP contribution in [0.3, 0.4) is 0 Å². The van der Waals surface area contributed by atoms with Gasteiger partial charge < -0.3 is 0 Å². The average molecular weight is 493 g/mol. The third-order valence-electron chi connectivity index (χ3n) is 7.18. The fourth-order valence-electron chi connectivity index (χ4n) is 5.80. The summed E-state index contributed by atoms with van der Waals surface area (Å²) < 4.78 is 69.8. The molecule has 1 aliphatic heterocycles. The first-order valence-electron chi connectivity index (χ1n) is 11.2. The molecule has 180 valence electrons. The predicted molar refractivity (Wildman–Crippen MR) is 121 cm³/mol. The van der Waals surface area contributed by atoms with Crippen LogP contribution in [-0.2, 0) is 9.59 Å². The second-order valence-corrected chi connectivity index (χ2v) is 9.06. The number of imide groups is 1. The summed E-state index contributed by atoms with van der Waals surface area (Å²) in [5.41, 5.74) is 1.71. The summed E-state index contributed by atoms with van der Waals surface area (Å²) in [6.45, 7) is 0. The molecule has 0 radical (unpaired) electrons. The fraction of sp³-hybridized carbons (Fsp3) is 0.143. The molecule has 0 aromatic heterocycles. The zero-order valence-electron chi connectivity index (χ0n) is 18.4. The predicted octanol–water partition coefficient (Wildman–Crippen LogP) is 5.81. The fourth-order valence-corrected chi connectivity index (χ4v) is 5.80. The molecule has 1 saturated heterocycles. The summed E-state index contributed by atoms with van der Waals surface area (Å²) in [6.07, 6.45) is 3.56. The normalized spacial score (nSPS) is 24.1. The molecule has 3 aliphatic rings. The molecule has 3 aromatic rings. The number of carbonyl (C=O) groups excluding carboxylic acids is 2. The zero-order valence-corrected chi connectivity index (χ0v) is 18.4. The van der Waals surface area contributed by atoms with E-state index < -0.39 is 70.3 Å². The first-order valence-corrected chi connectivity index (χ1v) is 11.2. The highest BCUT2D eigenvalue weighted by molar-refractivity contribution is 6.23. The first kappa shape index (κ1) is 22.4. The summed E-state index contributed by atoms with van der Waals surface area (Å²) in [6, 6.07) is 12.2. The molecular weight excluding hydrogens is 477 g/mol. The lowest BCUT2D eigenvalue weighted by Crippen LogP contribution is -2.35. The topological polar surface area (TPSA) is 37.4 Å². The van der Waals surface area contributed by atoms with Gasteiger partial charge in [0.2, 0.25) is 11.8 Å². The van der Waals surface area contributed by atoms with Crippen molar-refractivity contribution in [3.05, 3.63) is 119 Å². The van der Waals surface area contributed by atoms with Crippen LogP contribution >= 0.6 is 0 Å². The number of benzene rings is 3. The standard InChI is InChI=1S/C28H16F5NO2/c29-15-5-1-13(2-6-15)22(14-3-7-16(30)8-4-14)23-18-9-10-19(23)25-24(18)27(35)34(28(25)36)26-20(32)11-17(31)12-21(26)33/h1-12,18-19,24-25H/t18-,19-,24-,25-/m0/s1. The van der Waals surface area contributed by atoms with Gasteiger partial charge in [-0.15, -0.1) is 0 Å². The summed E-state index contributed by atoms with van der Waals surface area (Å²) in [4.78, 5) is 27.3. The van der Waals surface area contributed by atoms with E-state index in [1.807, 2.05) is 0 Å². The van der Waals surface area contributed by atoms with Gasteiger partial charge >= 0.3 is 0 Å². The van der Waals surface area contributed by atoms with Crippen molar-refractivity contribution in [3.8, 4) is 0 Å². The van der Waals surface area contributed by atoms with E-state index in [2.05, 4.69) is 0 Å². The Morgan fingerprint density at radius 3 is 1.44 bits per heavy atom. The molecule has 3 aromatic carbocycles. The molecule has 1 heterocycles. The van der Waals surface area contributed by atoms with E-state index in [9.17, 15) is 31.5 Å². The number of anilines is 1. The number of allylic oxidation sites excluding steroid dienone is 3. The van der Waals surface area contributed by atoms with Crippen molar-refractivity contribution >= 4 is 23.1 Å². The molecule has 1 saturated carbocycles. The van der Waals surface area contributed by atoms with Crippen LogP contribution in [0.4, 0.5) is 27.6 Å². The molecule has 2 amide bonds. The SMILES string of the molecule is O=C1[C@@H]2[C@@H](C(=O)N1c1c(F)cc(F)cc1F)[C@H]1C=C[C@H]2C1=C(c1ccc(F)cc1)c1ccc(F)cc1. The molecule has 6 rings (SSSR count). The number of hydrogen-bond donors (Lipinski definition) is 0. The number of fused-ring (bicyclic) bond motifs is 5. The number of amides is 2. The maximum Gasteiger partial charge on any atom is 0.238 e. The Balaban J connectivity index is 1.49. The second-order valence-electron chi connectivity index (χ2n) is 9.06. The Morgan fingerprint density at radius 1 is 0.611 bits per heavy atom. The average Bonchev–Trinajstić information content (AvgIpc) is 3.46. The van der Waals surface area contributed by atoms with Crippen molar-refractivity contribution in [2.24, 2.45) is 23.7 Å². The highest BCUT2D eigenvalue weighted by Gasteiger charge is 2.63. The molecule has 2 bridgehead atoms. The van der Waals surface area contributed by atoms with Crippen LogP contribution in [0.15, 0.2) is 78.4 Å². The van der Waals surface area contributed by atoms with Crippen molar-refractivity contribution in [1.82, 2.24) is 0 Å². The van der Waals surface area contributed by atoms with Gasteiger partial charge in [0.25, 0.3) is 0 Å². The Hall–Kier alpha value is -4.07. The molecular formula is C28H16F5NO2. The smallest absolute Gasteiger partial charge is 0.238 e. The zero-order chi connectivity index (χ0) is 25.3. The summed E-state index contributed by atoms with van der Waals surface area (Å²) in [5, 5.41) is 0. The van der Waals surface area contributed by atoms with E-state index in [1.165, 1.54) is 24.3 Å². The Kier molecular flexibility index (Phi) is 4.96. The summed E-state index contributed by atoms with van der Waals surface area (Å²) in [7, 11) is 0. The van der Waals surface area contributed by atoms with Gasteiger partial charge in [-0.1, -0.05) is 36.4 Å². The van der Waals surface area contributed by atoms with Gasteiger partial charge in [0.15, 0.2) is 11.6 Å². The molecule has 3 nitrogen and oxygen atoms in total. The van der Waals surface area contributed by atoms with Crippen LogP contribution < -0.4 is 4.90 Å². The summed E-state index contributed by atoms with van der Waals surface area (Å²) in [5.74, 6) is -9.27. The number of rotatable bonds is 3. The van der Waals surface area contributed by atoms with Crippen molar-refractivity contribution < 1.29 is 31.5 Å². The molecule has 8 heteroatoms. The molecule has 0 N–H and O–H groups in total. The molecule has 36 heavy (non-hydrogen) atoms. The van der Waals surface area contributed by atoms with Crippen molar-refractivity contribution in [3.63, 3.8) is 0 Å². The number of carbonyl (C=O) groups is 2. The van der Waals surface area contributed by atoms with E-state index in [0.717, 1.165) is 5.57 Å². The minimum Gasteiger partial charge on any atom is -0.274 e. The highest BCUT2D eigenvalue weighted by Crippen LogP contribution is 2.59. The van der Waals surface area contributed by atoms with Gasteiger partial charge in [-0.3, -0.25) is 9.59 Å². The van der Waals surface area contributed by atoms with E-state index in [-0.39, 0.29) is 0 Å². The second kappa shape index (κ2) is 7.98. The maximum atomic E-state index is 14.5. The van der Waals surface area contributed by atoms with Gasteiger partial charge in [0, 0.05) is 24.0 Å². The lowest BCUT2D eigenvalue weighted by atomic mass is 9.85. The van der Waals surface area contributed by atoms with Gasteiger partial charge in [0.05, 0.1) is 11.8 Å². The van der Waals surface area contributed by atoms with Gasteiger partial charge in [0.1, 0.15) is 23.1 Å². The van der Waals surface area contributed by atoms with Crippen molar-refractivity contribution in [2.75, 3.05) is 4.90 Å². The lowest BCUT2D eigenvalue weighted by Gasteiger charge is -2.22. The molecule has 2 aliphatic carbocycles. The van der Waals surface area contributed by atoms with E-state index >= 15 is 0 Å². The first-order chi connectivity index (χ1) is 17.3. The Morgan fingerprint density at radius 2 is 1.03 bits per heavy atom. The third-order valence-corrected chi connectivity index (χ3v) is 7.18. The molecule has 0 spiro atoms. The Labute approximate surface area is 202 Å². The van der Waals surface area contributed by atoms with E-state index in [0.29, 0.717) is 33.7 Å². The van der Waals surface area contributed by atoms with Crippen LogP contribution in [-0.4, -0.2) is 11.8 Å². The largest absolute Gasteiger partial charge is 0.274 e. The van der Waals surface area contributed by atoms with Crippen LogP contribution in [0, 0.1) is 52.8 Å². The van der Waals surface area contributed by atoms with Gasteiger partial charge in [-0.05, 0) is 46.5 Å². The Bertz CT molecular complexity index is 1390. The third kappa shape index (κ3) is 3.17. The lowest BCUT2D eigenvalue weighted by molar-refractivity contribution is -0.123. The molecule has 4 atom stereocenters. The van der Waals surface area contributed by atoms with Crippen molar-refractivity contribution in [2.45, 2.75) is 0 Å². The number of nitrogens with zero attached hydrogens (tertiary/aromatic N) is 1. The van der Waals surface area contributed by atoms with Crippen LogP contribution in [0.25, 0.3) is 5.57 Å². The monoisotopic (exact) mass is 493 g/mol. The van der Waals surface area contributed by atoms with Crippen LogP contribution in [0.5, 0.6) is 0 Å². The number of hydrogen-bond acceptors (Lipinski definition) is 2. The summed E-state index contributed by atoms with van der Waals surface area (Å²) >= 11 is 0. The number of halogens is 5. The van der Waals surface area contributed by atoms with Crippen molar-refractivity contribution in [1.29, 1.82) is 0 Å². The van der Waals surface area contributed by atoms with E-state index in [1.54, 1.807) is 36.4 Å².